The number of carbonyl (C=O) groups is 2. The monoisotopic (exact) mass is 477 g/mol. The molecule has 9 nitrogen and oxygen atoms in total. The molecule has 0 spiro atoms. The van der Waals surface area contributed by atoms with Gasteiger partial charge in [0, 0.05) is 38.4 Å². The van der Waals surface area contributed by atoms with Crippen molar-refractivity contribution in [3.05, 3.63) is 53.9 Å². The maximum atomic E-state index is 13.0. The molecular formula is C26H31N5O4. The Balaban J connectivity index is 1.24. The van der Waals surface area contributed by atoms with Crippen LogP contribution < -0.4 is 14.8 Å². The number of rotatable bonds is 5. The van der Waals surface area contributed by atoms with Gasteiger partial charge < -0.3 is 24.6 Å². The predicted octanol–water partition coefficient (Wildman–Crippen LogP) is 4.00. The molecule has 2 saturated heterocycles. The molecule has 0 unspecified atom stereocenters. The number of hydrogen-bond acceptors (Lipinski definition) is 5. The molecule has 2 aliphatic rings. The van der Waals surface area contributed by atoms with Crippen molar-refractivity contribution in [2.75, 3.05) is 45.7 Å². The smallest absolute Gasteiger partial charge is 0.321 e. The number of ether oxygens (including phenoxy) is 2. The van der Waals surface area contributed by atoms with Gasteiger partial charge in [-0.3, -0.25) is 4.79 Å². The number of anilines is 1. The van der Waals surface area contributed by atoms with Crippen LogP contribution in [0.15, 0.2) is 42.7 Å². The fourth-order valence-electron chi connectivity index (χ4n) is 5.02. The van der Waals surface area contributed by atoms with E-state index in [1.807, 2.05) is 16.0 Å². The number of benzene rings is 1. The summed E-state index contributed by atoms with van der Waals surface area (Å²) in [5, 5.41) is 7.34. The maximum Gasteiger partial charge on any atom is 0.321 e. The maximum absolute atomic E-state index is 13.0. The SMILES string of the molecule is COc1ccc(NC(=O)N2CCC(c3ccn4ncc(C(=O)N5CCCC5)c4c3)CC2)c(OC)c1. The highest BCUT2D eigenvalue weighted by Crippen LogP contribution is 2.32. The summed E-state index contributed by atoms with van der Waals surface area (Å²) in [6.45, 7) is 2.94. The van der Waals surface area contributed by atoms with E-state index in [0.29, 0.717) is 41.8 Å². The molecule has 184 valence electrons. The van der Waals surface area contributed by atoms with Gasteiger partial charge in [-0.2, -0.15) is 5.10 Å². The van der Waals surface area contributed by atoms with Crippen LogP contribution >= 0.6 is 0 Å². The summed E-state index contributed by atoms with van der Waals surface area (Å²) in [6, 6.07) is 9.35. The van der Waals surface area contributed by atoms with Gasteiger partial charge in [-0.1, -0.05) is 0 Å². The van der Waals surface area contributed by atoms with E-state index in [0.717, 1.165) is 44.3 Å². The quantitative estimate of drug-likeness (QED) is 0.600. The molecule has 2 aromatic heterocycles. The minimum Gasteiger partial charge on any atom is -0.497 e. The summed E-state index contributed by atoms with van der Waals surface area (Å²) in [7, 11) is 3.16. The number of amides is 3. The molecule has 0 bridgehead atoms. The lowest BCUT2D eigenvalue weighted by molar-refractivity contribution is 0.0794. The second-order valence-corrected chi connectivity index (χ2v) is 9.11. The van der Waals surface area contributed by atoms with E-state index in [1.54, 1.807) is 43.1 Å². The molecule has 9 heteroatoms. The molecule has 35 heavy (non-hydrogen) atoms. The van der Waals surface area contributed by atoms with Crippen LogP contribution in [0.4, 0.5) is 10.5 Å². The standard InChI is InChI=1S/C26H31N5O4/c1-34-20-5-6-22(24(16-20)35-2)28-26(33)30-12-7-18(8-13-30)19-9-14-31-23(15-19)21(17-27-31)25(32)29-10-3-4-11-29/h5-6,9,14-18H,3-4,7-8,10-13H2,1-2H3,(H,28,33). The van der Waals surface area contributed by atoms with E-state index in [4.69, 9.17) is 9.47 Å². The Hall–Kier alpha value is -3.75. The molecule has 0 aliphatic carbocycles. The van der Waals surface area contributed by atoms with Gasteiger partial charge in [0.25, 0.3) is 5.91 Å². The minimum absolute atomic E-state index is 0.0649. The Morgan fingerprint density at radius 3 is 2.46 bits per heavy atom. The second-order valence-electron chi connectivity index (χ2n) is 9.11. The number of hydrogen-bond donors (Lipinski definition) is 1. The van der Waals surface area contributed by atoms with Gasteiger partial charge in [0.05, 0.1) is 37.2 Å². The van der Waals surface area contributed by atoms with Crippen LogP contribution in [0, 0.1) is 0 Å². The highest BCUT2D eigenvalue weighted by molar-refractivity contribution is 6.00. The molecule has 3 amide bonds. The zero-order valence-corrected chi connectivity index (χ0v) is 20.2. The largest absolute Gasteiger partial charge is 0.497 e. The summed E-state index contributed by atoms with van der Waals surface area (Å²) in [6.07, 6.45) is 7.45. The van der Waals surface area contributed by atoms with Gasteiger partial charge in [-0.15, -0.1) is 0 Å². The number of carbonyl (C=O) groups excluding carboxylic acids is 2. The number of pyridine rings is 1. The molecule has 5 rings (SSSR count). The van der Waals surface area contributed by atoms with Crippen LogP contribution in [0.2, 0.25) is 0 Å². The van der Waals surface area contributed by atoms with Crippen molar-refractivity contribution in [1.82, 2.24) is 19.4 Å². The van der Waals surface area contributed by atoms with Crippen LogP contribution in [0.5, 0.6) is 11.5 Å². The number of nitrogens with zero attached hydrogens (tertiary/aromatic N) is 4. The second kappa shape index (κ2) is 9.85. The van der Waals surface area contributed by atoms with Gasteiger partial charge >= 0.3 is 6.03 Å². The van der Waals surface area contributed by atoms with Crippen LogP contribution in [0.3, 0.4) is 0 Å². The number of methoxy groups -OCH3 is 2. The molecule has 1 aromatic carbocycles. The molecule has 0 atom stereocenters. The average Bonchev–Trinajstić information content (AvgIpc) is 3.59. The lowest BCUT2D eigenvalue weighted by Crippen LogP contribution is -2.40. The van der Waals surface area contributed by atoms with Gasteiger partial charge in [0.15, 0.2) is 0 Å². The predicted molar refractivity (Wildman–Crippen MR) is 132 cm³/mol. The molecule has 3 aromatic rings. The Labute approximate surface area is 204 Å². The van der Waals surface area contributed by atoms with Gasteiger partial charge in [0.2, 0.25) is 0 Å². The number of fused-ring (bicyclic) bond motifs is 1. The van der Waals surface area contributed by atoms with Gasteiger partial charge in [-0.05, 0) is 61.4 Å². The summed E-state index contributed by atoms with van der Waals surface area (Å²) in [5.41, 5.74) is 3.32. The van der Waals surface area contributed by atoms with E-state index in [-0.39, 0.29) is 11.9 Å². The first-order chi connectivity index (χ1) is 17.1. The molecule has 1 N–H and O–H groups in total. The third-order valence-corrected chi connectivity index (χ3v) is 7.07. The van der Waals surface area contributed by atoms with Crippen molar-refractivity contribution in [3.8, 4) is 11.5 Å². The van der Waals surface area contributed by atoms with Crippen molar-refractivity contribution in [2.24, 2.45) is 0 Å². The third-order valence-electron chi connectivity index (χ3n) is 7.07. The Morgan fingerprint density at radius 2 is 1.74 bits per heavy atom. The van der Waals surface area contributed by atoms with E-state index >= 15 is 0 Å². The minimum atomic E-state index is -0.142. The lowest BCUT2D eigenvalue weighted by atomic mass is 9.89. The van der Waals surface area contributed by atoms with Crippen LogP contribution in [-0.4, -0.2) is 71.8 Å². The van der Waals surface area contributed by atoms with Crippen molar-refractivity contribution < 1.29 is 19.1 Å². The number of nitrogens with one attached hydrogen (secondary N) is 1. The first-order valence-electron chi connectivity index (χ1n) is 12.1. The number of urea groups is 1. The average molecular weight is 478 g/mol. The molecular weight excluding hydrogens is 446 g/mol. The first kappa shape index (κ1) is 23.0. The molecule has 0 radical (unpaired) electrons. The van der Waals surface area contributed by atoms with E-state index < -0.39 is 0 Å². The highest BCUT2D eigenvalue weighted by atomic mass is 16.5. The molecule has 2 aliphatic heterocycles. The highest BCUT2D eigenvalue weighted by Gasteiger charge is 2.26. The number of aromatic nitrogens is 2. The lowest BCUT2D eigenvalue weighted by Gasteiger charge is -2.32. The Bertz CT molecular complexity index is 1230. The van der Waals surface area contributed by atoms with Crippen molar-refractivity contribution >= 4 is 23.1 Å². The summed E-state index contributed by atoms with van der Waals surface area (Å²) in [4.78, 5) is 29.6. The van der Waals surface area contributed by atoms with Gasteiger partial charge in [0.1, 0.15) is 11.5 Å². The van der Waals surface area contributed by atoms with E-state index in [9.17, 15) is 9.59 Å². The van der Waals surface area contributed by atoms with Crippen molar-refractivity contribution in [2.45, 2.75) is 31.6 Å². The topological polar surface area (TPSA) is 88.4 Å². The van der Waals surface area contributed by atoms with Crippen molar-refractivity contribution in [1.29, 1.82) is 0 Å². The number of piperidine rings is 1. The summed E-state index contributed by atoms with van der Waals surface area (Å²) >= 11 is 0. The molecule has 2 fully saturated rings. The Morgan fingerprint density at radius 1 is 0.971 bits per heavy atom. The zero-order chi connectivity index (χ0) is 24.4. The van der Waals surface area contributed by atoms with Crippen molar-refractivity contribution in [3.63, 3.8) is 0 Å². The number of likely N-dealkylation sites (tertiary alicyclic amines) is 2. The Kier molecular flexibility index (Phi) is 6.48. The molecule has 4 heterocycles. The fourth-order valence-corrected chi connectivity index (χ4v) is 5.02. The van der Waals surface area contributed by atoms with Crippen LogP contribution in [0.1, 0.15) is 47.5 Å². The third kappa shape index (κ3) is 4.62. The van der Waals surface area contributed by atoms with E-state index in [1.165, 1.54) is 5.56 Å². The summed E-state index contributed by atoms with van der Waals surface area (Å²) < 4.78 is 12.4. The first-order valence-corrected chi connectivity index (χ1v) is 12.1. The zero-order valence-electron chi connectivity index (χ0n) is 20.2. The normalized spacial score (nSPS) is 16.5. The molecule has 0 saturated carbocycles. The van der Waals surface area contributed by atoms with E-state index in [2.05, 4.69) is 22.5 Å². The van der Waals surface area contributed by atoms with Crippen LogP contribution in [0.25, 0.3) is 5.52 Å². The van der Waals surface area contributed by atoms with Crippen LogP contribution in [-0.2, 0) is 0 Å². The fraction of sp³-hybridized carbons (Fsp3) is 0.423. The van der Waals surface area contributed by atoms with Gasteiger partial charge in [-0.25, -0.2) is 9.31 Å². The summed E-state index contributed by atoms with van der Waals surface area (Å²) in [5.74, 6) is 1.61.